The number of unbranched alkanes of at least 4 members (excludes halogenated alkanes) is 2. The first-order chi connectivity index (χ1) is 10.8. The fourth-order valence-corrected chi connectivity index (χ4v) is 3.08. The molecule has 1 aromatic carbocycles. The molecule has 1 heterocycles. The van der Waals surface area contributed by atoms with Gasteiger partial charge in [0.2, 0.25) is 0 Å². The molecule has 0 aliphatic carbocycles. The van der Waals surface area contributed by atoms with E-state index in [2.05, 4.69) is 29.2 Å². The number of guanidine groups is 1. The van der Waals surface area contributed by atoms with Crippen LogP contribution in [0, 0.1) is 5.41 Å². The first kappa shape index (κ1) is 23.0. The highest BCUT2D eigenvalue weighted by molar-refractivity contribution is 5.85. The molecule has 138 valence electrons. The molecular weight excluding hydrogens is 343 g/mol. The average Bonchev–Trinajstić information content (AvgIpc) is 3.04. The number of hydrogen-bond acceptors (Lipinski definition) is 2. The zero-order valence-electron chi connectivity index (χ0n) is 14.5. The molecule has 1 aromatic rings. The Bertz CT molecular complexity index is 436. The summed E-state index contributed by atoms with van der Waals surface area (Å²) in [5.41, 5.74) is 7.02. The van der Waals surface area contributed by atoms with Gasteiger partial charge in [0.1, 0.15) is 0 Å². The number of hydrogen-bond donors (Lipinski definition) is 2. The summed E-state index contributed by atoms with van der Waals surface area (Å²) in [4.78, 5) is 4.57. The van der Waals surface area contributed by atoms with Crippen molar-refractivity contribution in [2.45, 2.75) is 38.5 Å². The van der Waals surface area contributed by atoms with Gasteiger partial charge in [0.25, 0.3) is 0 Å². The molecule has 24 heavy (non-hydrogen) atoms. The maximum Gasteiger partial charge on any atom is 0.188 e. The Morgan fingerprint density at radius 2 is 1.67 bits per heavy atom. The average molecular weight is 375 g/mol. The maximum absolute atomic E-state index is 7.73. The quantitative estimate of drug-likeness (QED) is 0.394. The van der Waals surface area contributed by atoms with E-state index in [-0.39, 0.29) is 30.8 Å². The van der Waals surface area contributed by atoms with Crippen LogP contribution >= 0.6 is 24.8 Å². The van der Waals surface area contributed by atoms with E-state index in [0.717, 1.165) is 25.9 Å². The summed E-state index contributed by atoms with van der Waals surface area (Å²) in [5, 5.41) is 7.73. The zero-order valence-corrected chi connectivity index (χ0v) is 16.1. The number of benzene rings is 1. The number of nitrogens with zero attached hydrogens (tertiary/aromatic N) is 2. The van der Waals surface area contributed by atoms with Crippen molar-refractivity contribution in [2.75, 3.05) is 32.7 Å². The first-order valence-corrected chi connectivity index (χ1v) is 8.61. The summed E-state index contributed by atoms with van der Waals surface area (Å²) < 4.78 is 0. The van der Waals surface area contributed by atoms with Gasteiger partial charge in [0.05, 0.1) is 0 Å². The lowest BCUT2D eigenvalue weighted by Crippen LogP contribution is -2.38. The molecule has 2 rings (SSSR count). The van der Waals surface area contributed by atoms with Gasteiger partial charge in [-0.15, -0.1) is 24.8 Å². The van der Waals surface area contributed by atoms with Gasteiger partial charge in [-0.1, -0.05) is 36.8 Å². The van der Waals surface area contributed by atoms with Crippen LogP contribution < -0.4 is 5.73 Å². The summed E-state index contributed by atoms with van der Waals surface area (Å²) in [5.74, 6) is 0.204. The predicted octanol–water partition coefficient (Wildman–Crippen LogP) is 3.53. The second-order valence-electron chi connectivity index (χ2n) is 6.22. The third-order valence-electron chi connectivity index (χ3n) is 4.45. The number of nitrogens with two attached hydrogens (primary N) is 1. The van der Waals surface area contributed by atoms with Gasteiger partial charge in [-0.2, -0.15) is 0 Å². The van der Waals surface area contributed by atoms with Crippen LogP contribution in [0.4, 0.5) is 0 Å². The molecule has 0 radical (unpaired) electrons. The van der Waals surface area contributed by atoms with Crippen molar-refractivity contribution in [2.24, 2.45) is 5.73 Å². The van der Waals surface area contributed by atoms with Crippen LogP contribution in [0.25, 0.3) is 0 Å². The molecule has 1 fully saturated rings. The van der Waals surface area contributed by atoms with Crippen LogP contribution in [-0.2, 0) is 6.42 Å². The standard InChI is InChI=1S/C18H30N4.2ClH/c19-18(20)22(16-11-17-9-3-1-4-10-17)15-6-2-5-12-21-13-7-8-14-21;;/h1,3-4,9-10H,2,5-8,11-16H2,(H3,19,20);2*1H. The molecule has 0 atom stereocenters. The molecule has 0 spiro atoms. The summed E-state index contributed by atoms with van der Waals surface area (Å²) in [6, 6.07) is 10.4. The van der Waals surface area contributed by atoms with Gasteiger partial charge >= 0.3 is 0 Å². The van der Waals surface area contributed by atoms with Gasteiger partial charge in [-0.3, -0.25) is 5.41 Å². The predicted molar refractivity (Wildman–Crippen MR) is 108 cm³/mol. The Balaban J connectivity index is 0.00000264. The third kappa shape index (κ3) is 8.76. The van der Waals surface area contributed by atoms with Crippen molar-refractivity contribution in [3.63, 3.8) is 0 Å². The van der Waals surface area contributed by atoms with Crippen molar-refractivity contribution in [1.82, 2.24) is 9.80 Å². The fraction of sp³-hybridized carbons (Fsp3) is 0.611. The van der Waals surface area contributed by atoms with Crippen molar-refractivity contribution >= 4 is 30.8 Å². The van der Waals surface area contributed by atoms with Gasteiger partial charge in [-0.05, 0) is 57.3 Å². The van der Waals surface area contributed by atoms with E-state index in [1.807, 2.05) is 11.0 Å². The second kappa shape index (κ2) is 13.3. The topological polar surface area (TPSA) is 56.4 Å². The van der Waals surface area contributed by atoms with Crippen LogP contribution in [0.2, 0.25) is 0 Å². The first-order valence-electron chi connectivity index (χ1n) is 8.61. The lowest BCUT2D eigenvalue weighted by molar-refractivity contribution is 0.322. The number of likely N-dealkylation sites (tertiary alicyclic amines) is 1. The Morgan fingerprint density at radius 1 is 1.00 bits per heavy atom. The molecule has 1 aliphatic rings. The highest BCUT2D eigenvalue weighted by Gasteiger charge is 2.11. The lowest BCUT2D eigenvalue weighted by Gasteiger charge is -2.23. The summed E-state index contributed by atoms with van der Waals surface area (Å²) >= 11 is 0. The molecule has 3 N–H and O–H groups in total. The second-order valence-corrected chi connectivity index (χ2v) is 6.22. The highest BCUT2D eigenvalue weighted by atomic mass is 35.5. The largest absolute Gasteiger partial charge is 0.370 e. The minimum atomic E-state index is 0. The highest BCUT2D eigenvalue weighted by Crippen LogP contribution is 2.09. The van der Waals surface area contributed by atoms with Crippen LogP contribution in [0.3, 0.4) is 0 Å². The van der Waals surface area contributed by atoms with E-state index in [4.69, 9.17) is 11.1 Å². The van der Waals surface area contributed by atoms with E-state index in [9.17, 15) is 0 Å². The van der Waals surface area contributed by atoms with Gasteiger partial charge in [0.15, 0.2) is 5.96 Å². The van der Waals surface area contributed by atoms with Crippen LogP contribution in [0.1, 0.15) is 37.7 Å². The molecule has 0 bridgehead atoms. The normalized spacial score (nSPS) is 13.8. The van der Waals surface area contributed by atoms with Gasteiger partial charge in [0, 0.05) is 13.1 Å². The van der Waals surface area contributed by atoms with Crippen molar-refractivity contribution in [3.8, 4) is 0 Å². The van der Waals surface area contributed by atoms with Gasteiger partial charge < -0.3 is 15.5 Å². The van der Waals surface area contributed by atoms with E-state index in [1.54, 1.807) is 0 Å². The molecule has 0 saturated carbocycles. The van der Waals surface area contributed by atoms with Crippen LogP contribution in [0.15, 0.2) is 30.3 Å². The molecule has 1 aliphatic heterocycles. The fourth-order valence-electron chi connectivity index (χ4n) is 3.08. The molecule has 0 unspecified atom stereocenters. The zero-order chi connectivity index (χ0) is 15.6. The molecule has 1 saturated heterocycles. The Labute approximate surface area is 159 Å². The number of rotatable bonds is 9. The summed E-state index contributed by atoms with van der Waals surface area (Å²) in [6.45, 7) is 5.56. The van der Waals surface area contributed by atoms with E-state index < -0.39 is 0 Å². The number of halogens is 2. The van der Waals surface area contributed by atoms with Gasteiger partial charge in [-0.25, -0.2) is 0 Å². The minimum absolute atomic E-state index is 0. The van der Waals surface area contributed by atoms with Crippen molar-refractivity contribution < 1.29 is 0 Å². The summed E-state index contributed by atoms with van der Waals surface area (Å²) in [6.07, 6.45) is 7.32. The SMILES string of the molecule is Cl.Cl.N=C(N)N(CCCCCN1CCCC1)CCc1ccccc1. The third-order valence-corrected chi connectivity index (χ3v) is 4.45. The molecule has 6 heteroatoms. The number of nitrogens with one attached hydrogen (secondary N) is 1. The minimum Gasteiger partial charge on any atom is -0.370 e. The van der Waals surface area contributed by atoms with Crippen molar-refractivity contribution in [1.29, 1.82) is 5.41 Å². The Kier molecular flexibility index (Phi) is 12.8. The maximum atomic E-state index is 7.73. The van der Waals surface area contributed by atoms with Crippen LogP contribution in [0.5, 0.6) is 0 Å². The Hall–Kier alpha value is -0.970. The van der Waals surface area contributed by atoms with E-state index in [0.29, 0.717) is 0 Å². The lowest BCUT2D eigenvalue weighted by atomic mass is 10.1. The smallest absolute Gasteiger partial charge is 0.188 e. The molecule has 0 amide bonds. The molecule has 0 aromatic heterocycles. The van der Waals surface area contributed by atoms with Crippen LogP contribution in [-0.4, -0.2) is 48.5 Å². The Morgan fingerprint density at radius 3 is 2.29 bits per heavy atom. The molecule has 4 nitrogen and oxygen atoms in total. The summed E-state index contributed by atoms with van der Waals surface area (Å²) in [7, 11) is 0. The van der Waals surface area contributed by atoms with E-state index >= 15 is 0 Å². The van der Waals surface area contributed by atoms with Crippen molar-refractivity contribution in [3.05, 3.63) is 35.9 Å². The molecular formula is C18H32Cl2N4. The van der Waals surface area contributed by atoms with E-state index in [1.165, 1.54) is 50.9 Å². The monoisotopic (exact) mass is 374 g/mol.